The first-order valence-electron chi connectivity index (χ1n) is 7.17. The van der Waals surface area contributed by atoms with Crippen LogP contribution in [0.3, 0.4) is 0 Å². The van der Waals surface area contributed by atoms with Gasteiger partial charge in [-0.05, 0) is 54.8 Å². The standard InChI is InChI=1S/C18H19FO2/c1-18(2)11-14-10-13(5-8-17(14)21-18)16(20)9-12-3-6-15(19)7-4-12/h3-8,10,16,20H,9,11H2,1-2H3. The van der Waals surface area contributed by atoms with Crippen molar-refractivity contribution in [2.75, 3.05) is 0 Å². The lowest BCUT2D eigenvalue weighted by atomic mass is 9.96. The van der Waals surface area contributed by atoms with E-state index in [0.717, 1.165) is 28.9 Å². The molecule has 0 amide bonds. The van der Waals surface area contributed by atoms with Crippen LogP contribution >= 0.6 is 0 Å². The molecule has 2 aromatic carbocycles. The Labute approximate surface area is 124 Å². The predicted molar refractivity (Wildman–Crippen MR) is 79.9 cm³/mol. The zero-order chi connectivity index (χ0) is 15.0. The van der Waals surface area contributed by atoms with Crippen molar-refractivity contribution in [1.29, 1.82) is 0 Å². The molecular weight excluding hydrogens is 267 g/mol. The minimum Gasteiger partial charge on any atom is -0.487 e. The van der Waals surface area contributed by atoms with Crippen molar-refractivity contribution >= 4 is 0 Å². The second kappa shape index (κ2) is 5.15. The second-order valence-electron chi connectivity index (χ2n) is 6.25. The Balaban J connectivity index is 1.77. The minimum atomic E-state index is -0.593. The van der Waals surface area contributed by atoms with Crippen LogP contribution in [-0.2, 0) is 12.8 Å². The van der Waals surface area contributed by atoms with Crippen molar-refractivity contribution in [2.45, 2.75) is 38.4 Å². The Bertz CT molecular complexity index is 647. The van der Waals surface area contributed by atoms with Gasteiger partial charge in [-0.25, -0.2) is 4.39 Å². The van der Waals surface area contributed by atoms with E-state index in [-0.39, 0.29) is 11.4 Å². The van der Waals surface area contributed by atoms with Gasteiger partial charge in [0, 0.05) is 12.8 Å². The van der Waals surface area contributed by atoms with Gasteiger partial charge in [-0.2, -0.15) is 0 Å². The third-order valence-electron chi connectivity index (χ3n) is 3.81. The average molecular weight is 286 g/mol. The number of aliphatic hydroxyl groups is 1. The van der Waals surface area contributed by atoms with Crippen molar-refractivity contribution in [3.8, 4) is 5.75 Å². The quantitative estimate of drug-likeness (QED) is 0.929. The number of ether oxygens (including phenoxy) is 1. The number of fused-ring (bicyclic) bond motifs is 1. The van der Waals surface area contributed by atoms with E-state index in [2.05, 4.69) is 13.8 Å². The van der Waals surface area contributed by atoms with Gasteiger partial charge in [-0.15, -0.1) is 0 Å². The fraction of sp³-hybridized carbons (Fsp3) is 0.333. The third-order valence-corrected chi connectivity index (χ3v) is 3.81. The highest BCUT2D eigenvalue weighted by Crippen LogP contribution is 2.36. The third kappa shape index (κ3) is 3.08. The van der Waals surface area contributed by atoms with Crippen LogP contribution in [0.25, 0.3) is 0 Å². The van der Waals surface area contributed by atoms with E-state index in [4.69, 9.17) is 4.74 Å². The SMILES string of the molecule is CC1(C)Cc2cc(C(O)Cc3ccc(F)cc3)ccc2O1. The number of hydrogen-bond acceptors (Lipinski definition) is 2. The summed E-state index contributed by atoms with van der Waals surface area (Å²) in [7, 11) is 0. The molecule has 2 aromatic rings. The average Bonchev–Trinajstić information content (AvgIpc) is 2.74. The molecule has 21 heavy (non-hydrogen) atoms. The van der Waals surface area contributed by atoms with E-state index < -0.39 is 6.10 Å². The van der Waals surface area contributed by atoms with E-state index in [1.54, 1.807) is 12.1 Å². The Kier molecular flexibility index (Phi) is 3.46. The van der Waals surface area contributed by atoms with Crippen LogP contribution in [0, 0.1) is 5.82 Å². The molecule has 1 N–H and O–H groups in total. The van der Waals surface area contributed by atoms with Gasteiger partial charge in [0.1, 0.15) is 17.2 Å². The van der Waals surface area contributed by atoms with Gasteiger partial charge in [0.2, 0.25) is 0 Å². The van der Waals surface area contributed by atoms with Crippen LogP contribution in [0.4, 0.5) is 4.39 Å². The van der Waals surface area contributed by atoms with Gasteiger partial charge < -0.3 is 9.84 Å². The topological polar surface area (TPSA) is 29.5 Å². The molecule has 2 nitrogen and oxygen atoms in total. The monoisotopic (exact) mass is 286 g/mol. The van der Waals surface area contributed by atoms with Crippen LogP contribution in [0.1, 0.15) is 36.6 Å². The Morgan fingerprint density at radius 3 is 2.62 bits per heavy atom. The maximum absolute atomic E-state index is 12.9. The molecule has 0 saturated carbocycles. The Hall–Kier alpha value is -1.87. The normalized spacial score (nSPS) is 17.1. The van der Waals surface area contributed by atoms with Crippen LogP contribution in [-0.4, -0.2) is 10.7 Å². The molecule has 0 fully saturated rings. The molecule has 1 unspecified atom stereocenters. The highest BCUT2D eigenvalue weighted by Gasteiger charge is 2.30. The highest BCUT2D eigenvalue weighted by atomic mass is 19.1. The van der Waals surface area contributed by atoms with Crippen LogP contribution in [0.15, 0.2) is 42.5 Å². The number of aliphatic hydroxyl groups excluding tert-OH is 1. The first-order valence-corrected chi connectivity index (χ1v) is 7.17. The predicted octanol–water partition coefficient (Wildman–Crippen LogP) is 3.82. The van der Waals surface area contributed by atoms with Gasteiger partial charge in [0.25, 0.3) is 0 Å². The number of hydrogen-bond donors (Lipinski definition) is 1. The molecule has 0 bridgehead atoms. The summed E-state index contributed by atoms with van der Waals surface area (Å²) in [5.74, 6) is 0.642. The van der Waals surface area contributed by atoms with Gasteiger partial charge in [0.15, 0.2) is 0 Å². The fourth-order valence-electron chi connectivity index (χ4n) is 2.80. The van der Waals surface area contributed by atoms with Crippen molar-refractivity contribution < 1.29 is 14.2 Å². The summed E-state index contributed by atoms with van der Waals surface area (Å²) in [6.45, 7) is 4.11. The lowest BCUT2D eigenvalue weighted by Crippen LogP contribution is -2.24. The van der Waals surface area contributed by atoms with Gasteiger partial charge >= 0.3 is 0 Å². The van der Waals surface area contributed by atoms with E-state index >= 15 is 0 Å². The molecule has 0 radical (unpaired) electrons. The second-order valence-corrected chi connectivity index (χ2v) is 6.25. The molecule has 3 rings (SSSR count). The lowest BCUT2D eigenvalue weighted by Gasteiger charge is -2.16. The molecule has 1 atom stereocenters. The van der Waals surface area contributed by atoms with Crippen molar-refractivity contribution in [2.24, 2.45) is 0 Å². The molecule has 0 aliphatic carbocycles. The van der Waals surface area contributed by atoms with Crippen molar-refractivity contribution in [3.63, 3.8) is 0 Å². The first-order chi connectivity index (χ1) is 9.93. The number of benzene rings is 2. The van der Waals surface area contributed by atoms with Gasteiger partial charge in [0.05, 0.1) is 6.10 Å². The van der Waals surface area contributed by atoms with Crippen LogP contribution in [0.2, 0.25) is 0 Å². The molecular formula is C18H19FO2. The Morgan fingerprint density at radius 1 is 1.19 bits per heavy atom. The van der Waals surface area contributed by atoms with Crippen LogP contribution in [0.5, 0.6) is 5.75 Å². The summed E-state index contributed by atoms with van der Waals surface area (Å²) in [4.78, 5) is 0. The largest absolute Gasteiger partial charge is 0.487 e. The van der Waals surface area contributed by atoms with Crippen molar-refractivity contribution in [3.05, 3.63) is 65.0 Å². The zero-order valence-electron chi connectivity index (χ0n) is 12.3. The smallest absolute Gasteiger partial charge is 0.123 e. The van der Waals surface area contributed by atoms with E-state index in [1.807, 2.05) is 18.2 Å². The van der Waals surface area contributed by atoms with E-state index in [1.165, 1.54) is 12.1 Å². The molecule has 1 aliphatic rings. The Morgan fingerprint density at radius 2 is 1.90 bits per heavy atom. The molecule has 0 aromatic heterocycles. The summed E-state index contributed by atoms with van der Waals surface area (Å²) in [5.41, 5.74) is 2.75. The summed E-state index contributed by atoms with van der Waals surface area (Å²) in [5, 5.41) is 10.4. The molecule has 0 saturated heterocycles. The summed E-state index contributed by atoms with van der Waals surface area (Å²) < 4.78 is 18.7. The van der Waals surface area contributed by atoms with Crippen LogP contribution < -0.4 is 4.74 Å². The van der Waals surface area contributed by atoms with Crippen molar-refractivity contribution in [1.82, 2.24) is 0 Å². The molecule has 110 valence electrons. The van der Waals surface area contributed by atoms with Gasteiger partial charge in [-0.3, -0.25) is 0 Å². The number of rotatable bonds is 3. The highest BCUT2D eigenvalue weighted by molar-refractivity contribution is 5.42. The van der Waals surface area contributed by atoms with E-state index in [0.29, 0.717) is 6.42 Å². The fourth-order valence-corrected chi connectivity index (χ4v) is 2.80. The van der Waals surface area contributed by atoms with Gasteiger partial charge in [-0.1, -0.05) is 18.2 Å². The summed E-state index contributed by atoms with van der Waals surface area (Å²) in [6, 6.07) is 12.1. The maximum Gasteiger partial charge on any atom is 0.123 e. The first kappa shape index (κ1) is 14.1. The zero-order valence-corrected chi connectivity index (χ0v) is 12.3. The molecule has 1 aliphatic heterocycles. The molecule has 3 heteroatoms. The molecule has 0 spiro atoms. The number of halogens is 1. The van der Waals surface area contributed by atoms with E-state index in [9.17, 15) is 9.50 Å². The molecule has 1 heterocycles. The maximum atomic E-state index is 12.9. The summed E-state index contributed by atoms with van der Waals surface area (Å²) >= 11 is 0. The summed E-state index contributed by atoms with van der Waals surface area (Å²) in [6.07, 6.45) is 0.729. The lowest BCUT2D eigenvalue weighted by molar-refractivity contribution is 0.138. The minimum absolute atomic E-state index is 0.178.